The van der Waals surface area contributed by atoms with E-state index in [1.165, 1.54) is 4.31 Å². The lowest BCUT2D eigenvalue weighted by Gasteiger charge is -2.37. The number of hydrogen-bond acceptors (Lipinski definition) is 4. The van der Waals surface area contributed by atoms with Crippen LogP contribution >= 0.6 is 11.6 Å². The fourth-order valence-corrected chi connectivity index (χ4v) is 4.08. The predicted octanol–water partition coefficient (Wildman–Crippen LogP) is 1.71. The number of hydrogen-bond donors (Lipinski definition) is 1. The van der Waals surface area contributed by atoms with Crippen LogP contribution in [0.4, 0.5) is 5.69 Å². The van der Waals surface area contributed by atoms with Gasteiger partial charge in [-0.1, -0.05) is 17.7 Å². The lowest BCUT2D eigenvalue weighted by Crippen LogP contribution is -2.52. The van der Waals surface area contributed by atoms with Crippen molar-refractivity contribution in [3.63, 3.8) is 0 Å². The number of halogens is 1. The molecule has 9 heteroatoms. The van der Waals surface area contributed by atoms with E-state index in [0.717, 1.165) is 49.3 Å². The normalized spacial score (nSPS) is 16.1. The Kier molecular flexibility index (Phi) is 8.19. The Bertz CT molecular complexity index is 733. The molecule has 1 aromatic rings. The Balaban J connectivity index is 1.77. The lowest BCUT2D eigenvalue weighted by atomic mass is 10.2. The summed E-state index contributed by atoms with van der Waals surface area (Å²) in [6, 6.07) is 7.93. The summed E-state index contributed by atoms with van der Waals surface area (Å²) in [6.07, 6.45) is 0.733. The summed E-state index contributed by atoms with van der Waals surface area (Å²) in [6.45, 7) is 6.39. The van der Waals surface area contributed by atoms with Crippen LogP contribution in [0.25, 0.3) is 0 Å². The van der Waals surface area contributed by atoms with Crippen LogP contribution in [-0.4, -0.2) is 82.7 Å². The molecule has 1 heterocycles. The average molecular weight is 416 g/mol. The summed E-state index contributed by atoms with van der Waals surface area (Å²) in [5, 5.41) is 4.09. The number of sulfonamides is 1. The highest BCUT2D eigenvalue weighted by molar-refractivity contribution is 7.89. The Morgan fingerprint density at radius 2 is 2.00 bits per heavy atom. The van der Waals surface area contributed by atoms with Gasteiger partial charge in [-0.3, -0.25) is 4.99 Å². The van der Waals surface area contributed by atoms with E-state index in [0.29, 0.717) is 13.1 Å². The van der Waals surface area contributed by atoms with E-state index in [9.17, 15) is 8.42 Å². The molecule has 1 fully saturated rings. The molecule has 1 aliphatic rings. The first-order chi connectivity index (χ1) is 12.9. The van der Waals surface area contributed by atoms with Crippen LogP contribution in [0.5, 0.6) is 0 Å². The molecule has 0 unspecified atom stereocenters. The second-order valence-electron chi connectivity index (χ2n) is 6.50. The Labute approximate surface area is 168 Å². The van der Waals surface area contributed by atoms with Crippen molar-refractivity contribution in [3.05, 3.63) is 29.3 Å². The molecule has 0 saturated carbocycles. The van der Waals surface area contributed by atoms with Gasteiger partial charge in [-0.2, -0.15) is 0 Å². The number of nitrogens with zero attached hydrogens (tertiary/aromatic N) is 4. The number of guanidine groups is 1. The number of piperazine rings is 1. The third-order valence-corrected chi connectivity index (χ3v) is 6.83. The van der Waals surface area contributed by atoms with Crippen molar-refractivity contribution >= 4 is 33.3 Å². The van der Waals surface area contributed by atoms with E-state index in [-0.39, 0.29) is 5.75 Å². The maximum Gasteiger partial charge on any atom is 0.213 e. The molecule has 1 saturated heterocycles. The van der Waals surface area contributed by atoms with Crippen LogP contribution in [0.15, 0.2) is 29.3 Å². The summed E-state index contributed by atoms with van der Waals surface area (Å²) in [5.41, 5.74) is 1.14. The summed E-state index contributed by atoms with van der Waals surface area (Å²) in [4.78, 5) is 8.91. The first-order valence-electron chi connectivity index (χ1n) is 9.27. The minimum Gasteiger partial charge on any atom is -0.368 e. The zero-order chi connectivity index (χ0) is 19.9. The van der Waals surface area contributed by atoms with E-state index in [2.05, 4.69) is 26.2 Å². The summed E-state index contributed by atoms with van der Waals surface area (Å²) < 4.78 is 24.9. The van der Waals surface area contributed by atoms with Crippen molar-refractivity contribution in [2.75, 3.05) is 64.0 Å². The highest BCUT2D eigenvalue weighted by Crippen LogP contribution is 2.20. The van der Waals surface area contributed by atoms with Gasteiger partial charge in [0.25, 0.3) is 0 Å². The smallest absolute Gasteiger partial charge is 0.213 e. The quantitative estimate of drug-likeness (QED) is 0.417. The molecule has 0 radical (unpaired) electrons. The van der Waals surface area contributed by atoms with Gasteiger partial charge in [0.15, 0.2) is 5.96 Å². The van der Waals surface area contributed by atoms with E-state index in [1.807, 2.05) is 18.2 Å². The van der Waals surface area contributed by atoms with Crippen LogP contribution in [0.2, 0.25) is 5.02 Å². The second-order valence-corrected chi connectivity index (χ2v) is 9.30. The highest BCUT2D eigenvalue weighted by atomic mass is 35.5. The van der Waals surface area contributed by atoms with E-state index < -0.39 is 10.0 Å². The van der Waals surface area contributed by atoms with Crippen LogP contribution in [0.1, 0.15) is 13.3 Å². The van der Waals surface area contributed by atoms with Crippen LogP contribution < -0.4 is 10.2 Å². The van der Waals surface area contributed by atoms with Crippen molar-refractivity contribution in [1.29, 1.82) is 0 Å². The molecular formula is C18H30ClN5O2S. The molecule has 1 aliphatic heterocycles. The summed E-state index contributed by atoms with van der Waals surface area (Å²) in [5.74, 6) is 0.997. The van der Waals surface area contributed by atoms with Crippen molar-refractivity contribution in [3.8, 4) is 0 Å². The number of rotatable bonds is 7. The summed E-state index contributed by atoms with van der Waals surface area (Å²) in [7, 11) is 0.294. The number of benzene rings is 1. The van der Waals surface area contributed by atoms with Gasteiger partial charge in [0, 0.05) is 64.1 Å². The molecule has 0 bridgehead atoms. The molecule has 27 heavy (non-hydrogen) atoms. The first-order valence-corrected chi connectivity index (χ1v) is 11.3. The number of anilines is 1. The monoisotopic (exact) mass is 415 g/mol. The Morgan fingerprint density at radius 1 is 1.30 bits per heavy atom. The fourth-order valence-electron chi connectivity index (χ4n) is 3.04. The molecule has 0 spiro atoms. The SMILES string of the molecule is CCS(=O)(=O)N(C)CCCNC(=NC)N1CCN(c2cccc(Cl)c2)CC1. The van der Waals surface area contributed by atoms with Crippen molar-refractivity contribution in [1.82, 2.24) is 14.5 Å². The third kappa shape index (κ3) is 6.26. The van der Waals surface area contributed by atoms with Crippen LogP contribution in [0.3, 0.4) is 0 Å². The zero-order valence-corrected chi connectivity index (χ0v) is 17.9. The Morgan fingerprint density at radius 3 is 2.59 bits per heavy atom. The van der Waals surface area contributed by atoms with E-state index in [1.54, 1.807) is 21.0 Å². The van der Waals surface area contributed by atoms with Crippen molar-refractivity contribution < 1.29 is 8.42 Å². The number of nitrogens with one attached hydrogen (secondary N) is 1. The van der Waals surface area contributed by atoms with E-state index >= 15 is 0 Å². The third-order valence-electron chi connectivity index (χ3n) is 4.74. The molecular weight excluding hydrogens is 386 g/mol. The topological polar surface area (TPSA) is 68.2 Å². The van der Waals surface area contributed by atoms with Gasteiger partial charge < -0.3 is 15.1 Å². The molecule has 2 rings (SSSR count). The molecule has 1 aromatic carbocycles. The van der Waals surface area contributed by atoms with Gasteiger partial charge in [-0.15, -0.1) is 0 Å². The van der Waals surface area contributed by atoms with Gasteiger partial charge in [-0.25, -0.2) is 12.7 Å². The zero-order valence-electron chi connectivity index (χ0n) is 16.4. The van der Waals surface area contributed by atoms with Gasteiger partial charge in [0.05, 0.1) is 5.75 Å². The lowest BCUT2D eigenvalue weighted by molar-refractivity contribution is 0.371. The molecule has 0 aliphatic carbocycles. The van der Waals surface area contributed by atoms with Gasteiger partial charge in [-0.05, 0) is 31.5 Å². The van der Waals surface area contributed by atoms with Gasteiger partial charge in [0.1, 0.15) is 0 Å². The van der Waals surface area contributed by atoms with Crippen LogP contribution in [-0.2, 0) is 10.0 Å². The molecule has 7 nitrogen and oxygen atoms in total. The summed E-state index contributed by atoms with van der Waals surface area (Å²) >= 11 is 6.09. The first kappa shape index (κ1) is 21.8. The van der Waals surface area contributed by atoms with Gasteiger partial charge in [0.2, 0.25) is 10.0 Å². The highest BCUT2D eigenvalue weighted by Gasteiger charge is 2.20. The maximum absolute atomic E-state index is 11.8. The largest absolute Gasteiger partial charge is 0.368 e. The molecule has 0 atom stereocenters. The van der Waals surface area contributed by atoms with Gasteiger partial charge >= 0.3 is 0 Å². The van der Waals surface area contributed by atoms with E-state index in [4.69, 9.17) is 11.6 Å². The molecule has 1 N–H and O–H groups in total. The Hall–Kier alpha value is -1.51. The fraction of sp³-hybridized carbons (Fsp3) is 0.611. The maximum atomic E-state index is 11.8. The molecule has 152 valence electrons. The average Bonchev–Trinajstić information content (AvgIpc) is 2.68. The minimum absolute atomic E-state index is 0.134. The second kappa shape index (κ2) is 10.1. The van der Waals surface area contributed by atoms with Crippen molar-refractivity contribution in [2.45, 2.75) is 13.3 Å². The minimum atomic E-state index is -3.11. The standard InChI is InChI=1S/C18H30ClN5O2S/c1-4-27(25,26)22(3)10-6-9-21-18(20-2)24-13-11-23(12-14-24)17-8-5-7-16(19)15-17/h5,7-8,15H,4,6,9-14H2,1-3H3,(H,20,21). The van der Waals surface area contributed by atoms with Crippen molar-refractivity contribution in [2.24, 2.45) is 4.99 Å². The van der Waals surface area contributed by atoms with Crippen LogP contribution in [0, 0.1) is 0 Å². The predicted molar refractivity (Wildman–Crippen MR) is 113 cm³/mol. The number of aliphatic imine (C=N–C) groups is 1. The molecule has 0 aromatic heterocycles. The molecule has 0 amide bonds.